The van der Waals surface area contributed by atoms with Crippen molar-refractivity contribution in [1.82, 2.24) is 9.88 Å². The molecule has 0 unspecified atom stereocenters. The molecule has 3 rings (SSSR count). The Morgan fingerprint density at radius 2 is 1.84 bits per heavy atom. The third-order valence-corrected chi connectivity index (χ3v) is 4.86. The van der Waals surface area contributed by atoms with Crippen molar-refractivity contribution in [3.05, 3.63) is 52.3 Å². The van der Waals surface area contributed by atoms with E-state index in [1.54, 1.807) is 12.1 Å². The van der Waals surface area contributed by atoms with E-state index in [1.807, 2.05) is 24.3 Å². The highest BCUT2D eigenvalue weighted by molar-refractivity contribution is 6.35. The van der Waals surface area contributed by atoms with Crippen molar-refractivity contribution < 1.29 is 4.79 Å². The van der Waals surface area contributed by atoms with Crippen molar-refractivity contribution in [3.8, 4) is 0 Å². The first kappa shape index (κ1) is 18.0. The molecule has 0 saturated carbocycles. The lowest BCUT2D eigenvalue weighted by Gasteiger charge is -2.36. The fourth-order valence-electron chi connectivity index (χ4n) is 2.92. The maximum atomic E-state index is 12.6. The van der Waals surface area contributed by atoms with Gasteiger partial charge in [-0.1, -0.05) is 42.3 Å². The average Bonchev–Trinajstić information content (AvgIpc) is 2.64. The lowest BCUT2D eigenvalue weighted by molar-refractivity contribution is 0.102. The van der Waals surface area contributed by atoms with Crippen LogP contribution in [0.25, 0.3) is 0 Å². The van der Waals surface area contributed by atoms with Gasteiger partial charge >= 0.3 is 0 Å². The zero-order valence-corrected chi connectivity index (χ0v) is 15.5. The Labute approximate surface area is 157 Å². The van der Waals surface area contributed by atoms with Crippen molar-refractivity contribution in [2.75, 3.05) is 42.9 Å². The van der Waals surface area contributed by atoms with Gasteiger partial charge in [-0.15, -0.1) is 0 Å². The molecule has 1 aromatic heterocycles. The first-order valence-corrected chi connectivity index (χ1v) is 9.04. The zero-order chi connectivity index (χ0) is 17.8. The standard InChI is InChI=1S/C18H20Cl2N4O/c1-2-23-9-11-24(12-10-23)15-6-4-3-5-14(15)21-18(25)17-13(19)7-8-16(20)22-17/h3-8H,2,9-12H2,1H3,(H,21,25). The molecule has 0 aliphatic carbocycles. The summed E-state index contributed by atoms with van der Waals surface area (Å²) < 4.78 is 0. The second kappa shape index (κ2) is 8.04. The maximum absolute atomic E-state index is 12.6. The Hall–Kier alpha value is -1.82. The van der Waals surface area contributed by atoms with Crippen LogP contribution in [-0.2, 0) is 0 Å². The van der Waals surface area contributed by atoms with E-state index in [1.165, 1.54) is 0 Å². The average molecular weight is 379 g/mol. The summed E-state index contributed by atoms with van der Waals surface area (Å²) in [7, 11) is 0. The fourth-order valence-corrected chi connectivity index (χ4v) is 3.26. The molecule has 1 fully saturated rings. The molecule has 0 spiro atoms. The number of carbonyl (C=O) groups is 1. The lowest BCUT2D eigenvalue weighted by atomic mass is 10.2. The van der Waals surface area contributed by atoms with E-state index in [-0.39, 0.29) is 21.8 Å². The summed E-state index contributed by atoms with van der Waals surface area (Å²) in [6.45, 7) is 7.12. The number of amides is 1. The van der Waals surface area contributed by atoms with Gasteiger partial charge in [-0.2, -0.15) is 0 Å². The van der Waals surface area contributed by atoms with Crippen LogP contribution in [0.5, 0.6) is 0 Å². The highest BCUT2D eigenvalue weighted by Crippen LogP contribution is 2.28. The van der Waals surface area contributed by atoms with Gasteiger partial charge in [0.2, 0.25) is 0 Å². The van der Waals surface area contributed by atoms with E-state index < -0.39 is 0 Å². The van der Waals surface area contributed by atoms with Gasteiger partial charge in [0.1, 0.15) is 10.8 Å². The SMILES string of the molecule is CCN1CCN(c2ccccc2NC(=O)c2nc(Cl)ccc2Cl)CC1. The monoisotopic (exact) mass is 378 g/mol. The number of hydrogen-bond donors (Lipinski definition) is 1. The Balaban J connectivity index is 1.79. The number of nitrogens with zero attached hydrogens (tertiary/aromatic N) is 3. The lowest BCUT2D eigenvalue weighted by Crippen LogP contribution is -2.46. The van der Waals surface area contributed by atoms with Gasteiger partial charge in [-0.3, -0.25) is 4.79 Å². The minimum absolute atomic E-state index is 0.125. The number of carbonyl (C=O) groups excluding carboxylic acids is 1. The molecule has 1 amide bonds. The van der Waals surface area contributed by atoms with E-state index in [9.17, 15) is 4.79 Å². The van der Waals surface area contributed by atoms with Crippen LogP contribution in [0.15, 0.2) is 36.4 Å². The van der Waals surface area contributed by atoms with Gasteiger partial charge in [-0.05, 0) is 30.8 Å². The predicted molar refractivity (Wildman–Crippen MR) is 103 cm³/mol. The summed E-state index contributed by atoms with van der Waals surface area (Å²) in [5, 5.41) is 3.43. The first-order valence-electron chi connectivity index (χ1n) is 8.28. The molecule has 2 heterocycles. The predicted octanol–water partition coefficient (Wildman–Crippen LogP) is 3.78. The van der Waals surface area contributed by atoms with E-state index in [2.05, 4.69) is 27.0 Å². The maximum Gasteiger partial charge on any atom is 0.275 e. The molecule has 7 heteroatoms. The smallest absolute Gasteiger partial charge is 0.275 e. The van der Waals surface area contributed by atoms with Crippen LogP contribution in [0.4, 0.5) is 11.4 Å². The molecule has 1 aromatic carbocycles. The summed E-state index contributed by atoms with van der Waals surface area (Å²) >= 11 is 12.0. The summed E-state index contributed by atoms with van der Waals surface area (Å²) in [5.41, 5.74) is 1.87. The van der Waals surface area contributed by atoms with Gasteiger partial charge in [-0.25, -0.2) is 4.98 Å². The number of anilines is 2. The van der Waals surface area contributed by atoms with Crippen molar-refractivity contribution in [2.24, 2.45) is 0 Å². The minimum atomic E-state index is -0.368. The Kier molecular flexibility index (Phi) is 5.78. The number of halogens is 2. The largest absolute Gasteiger partial charge is 0.367 e. The van der Waals surface area contributed by atoms with Gasteiger partial charge in [0.25, 0.3) is 5.91 Å². The Morgan fingerprint density at radius 3 is 2.56 bits per heavy atom. The number of pyridine rings is 1. The van der Waals surface area contributed by atoms with Gasteiger partial charge in [0, 0.05) is 26.2 Å². The molecule has 1 N–H and O–H groups in total. The molecule has 1 saturated heterocycles. The third-order valence-electron chi connectivity index (χ3n) is 4.34. The molecule has 1 aliphatic heterocycles. The van der Waals surface area contributed by atoms with E-state index in [4.69, 9.17) is 23.2 Å². The highest BCUT2D eigenvalue weighted by Gasteiger charge is 2.20. The zero-order valence-electron chi connectivity index (χ0n) is 14.0. The van der Waals surface area contributed by atoms with Crippen LogP contribution >= 0.6 is 23.2 Å². The first-order chi connectivity index (χ1) is 12.1. The number of nitrogens with one attached hydrogen (secondary N) is 1. The second-order valence-electron chi connectivity index (χ2n) is 5.86. The molecule has 2 aromatic rings. The highest BCUT2D eigenvalue weighted by atomic mass is 35.5. The fraction of sp³-hybridized carbons (Fsp3) is 0.333. The Bertz CT molecular complexity index is 760. The van der Waals surface area contributed by atoms with Crippen molar-refractivity contribution in [3.63, 3.8) is 0 Å². The van der Waals surface area contributed by atoms with Crippen LogP contribution in [0.3, 0.4) is 0 Å². The Morgan fingerprint density at radius 1 is 1.12 bits per heavy atom. The number of hydrogen-bond acceptors (Lipinski definition) is 4. The van der Waals surface area contributed by atoms with Crippen molar-refractivity contribution >= 4 is 40.5 Å². The quantitative estimate of drug-likeness (QED) is 0.822. The number of likely N-dealkylation sites (N-methyl/N-ethyl adjacent to an activating group) is 1. The normalized spacial score (nSPS) is 15.2. The van der Waals surface area contributed by atoms with Gasteiger partial charge in [0.05, 0.1) is 16.4 Å². The van der Waals surface area contributed by atoms with Crippen LogP contribution < -0.4 is 10.2 Å². The number of para-hydroxylation sites is 2. The van der Waals surface area contributed by atoms with E-state index in [0.717, 1.165) is 44.1 Å². The number of aromatic nitrogens is 1. The van der Waals surface area contributed by atoms with E-state index >= 15 is 0 Å². The third kappa shape index (κ3) is 4.24. The molecule has 0 atom stereocenters. The molecule has 1 aliphatic rings. The summed E-state index contributed by atoms with van der Waals surface area (Å²) in [6, 6.07) is 10.9. The molecular formula is C18H20Cl2N4O. The van der Waals surface area contributed by atoms with Crippen molar-refractivity contribution in [1.29, 1.82) is 0 Å². The van der Waals surface area contributed by atoms with Crippen LogP contribution in [0, 0.1) is 0 Å². The molecule has 0 radical (unpaired) electrons. The van der Waals surface area contributed by atoms with Crippen molar-refractivity contribution in [2.45, 2.75) is 6.92 Å². The topological polar surface area (TPSA) is 48.5 Å². The molecule has 0 bridgehead atoms. The molecule has 25 heavy (non-hydrogen) atoms. The van der Waals surface area contributed by atoms with E-state index in [0.29, 0.717) is 0 Å². The molecule has 132 valence electrons. The van der Waals surface area contributed by atoms with Crippen LogP contribution in [0.1, 0.15) is 17.4 Å². The van der Waals surface area contributed by atoms with Gasteiger partial charge < -0.3 is 15.1 Å². The summed E-state index contributed by atoms with van der Waals surface area (Å²) in [4.78, 5) is 21.3. The van der Waals surface area contributed by atoms with Gasteiger partial charge in [0.15, 0.2) is 0 Å². The molecule has 5 nitrogen and oxygen atoms in total. The number of rotatable bonds is 4. The summed E-state index contributed by atoms with van der Waals surface area (Å²) in [5.74, 6) is -0.368. The van der Waals surface area contributed by atoms with Crippen LogP contribution in [0.2, 0.25) is 10.2 Å². The minimum Gasteiger partial charge on any atom is -0.367 e. The second-order valence-corrected chi connectivity index (χ2v) is 6.65. The number of benzene rings is 1. The molecular weight excluding hydrogens is 359 g/mol. The summed E-state index contributed by atoms with van der Waals surface area (Å²) in [6.07, 6.45) is 0. The van der Waals surface area contributed by atoms with Crippen LogP contribution in [-0.4, -0.2) is 48.5 Å². The number of piperazine rings is 1.